The smallest absolute Gasteiger partial charge is 0.259 e. The summed E-state index contributed by atoms with van der Waals surface area (Å²) in [4.78, 5) is 14.6. The van der Waals surface area contributed by atoms with Crippen molar-refractivity contribution in [2.24, 2.45) is 0 Å². The van der Waals surface area contributed by atoms with Crippen molar-refractivity contribution in [3.05, 3.63) is 59.5 Å². The number of fused-ring (bicyclic) bond motifs is 1. The van der Waals surface area contributed by atoms with E-state index in [2.05, 4.69) is 0 Å². The molecule has 0 spiro atoms. The van der Waals surface area contributed by atoms with Gasteiger partial charge in [0, 0.05) is 22.0 Å². The van der Waals surface area contributed by atoms with Crippen LogP contribution in [0.5, 0.6) is 0 Å². The zero-order chi connectivity index (χ0) is 14.8. The maximum atomic E-state index is 12.9. The second kappa shape index (κ2) is 5.58. The van der Waals surface area contributed by atoms with Crippen LogP contribution in [-0.4, -0.2) is 12.5 Å². The number of rotatable bonds is 3. The van der Waals surface area contributed by atoms with E-state index in [0.717, 1.165) is 21.3 Å². The number of para-hydroxylation sites is 2. The maximum Gasteiger partial charge on any atom is 0.259 e. The minimum Gasteiger partial charge on any atom is -0.397 e. The van der Waals surface area contributed by atoms with E-state index in [4.69, 9.17) is 5.73 Å². The third-order valence-electron chi connectivity index (χ3n) is 3.50. The van der Waals surface area contributed by atoms with E-state index >= 15 is 0 Å². The van der Waals surface area contributed by atoms with Crippen molar-refractivity contribution in [3.63, 3.8) is 0 Å². The second-order valence-corrected chi connectivity index (χ2v) is 5.66. The number of nitrogen functional groups attached to an aromatic ring is 1. The van der Waals surface area contributed by atoms with Crippen molar-refractivity contribution in [2.75, 3.05) is 17.2 Å². The third kappa shape index (κ3) is 2.38. The lowest BCUT2D eigenvalue weighted by atomic mass is 10.1. The Kier molecular flexibility index (Phi) is 3.62. The minimum atomic E-state index is -0.00662. The fourth-order valence-electron chi connectivity index (χ4n) is 2.45. The summed E-state index contributed by atoms with van der Waals surface area (Å²) in [7, 11) is 0. The van der Waals surface area contributed by atoms with E-state index < -0.39 is 0 Å². The van der Waals surface area contributed by atoms with Crippen LogP contribution < -0.4 is 10.6 Å². The molecule has 3 rings (SSSR count). The van der Waals surface area contributed by atoms with E-state index in [1.807, 2.05) is 60.8 Å². The Bertz CT molecular complexity index is 794. The van der Waals surface area contributed by atoms with Crippen LogP contribution in [0.4, 0.5) is 11.4 Å². The predicted molar refractivity (Wildman–Crippen MR) is 90.0 cm³/mol. The number of carbonyl (C=O) groups is 1. The zero-order valence-electron chi connectivity index (χ0n) is 11.7. The molecule has 0 aliphatic heterocycles. The molecule has 0 aliphatic carbocycles. The minimum absolute atomic E-state index is 0.00662. The number of amides is 1. The normalized spacial score (nSPS) is 10.7. The van der Waals surface area contributed by atoms with Gasteiger partial charge in [-0.15, -0.1) is 11.3 Å². The van der Waals surface area contributed by atoms with Crippen LogP contribution in [0.15, 0.2) is 53.9 Å². The molecular weight excluding hydrogens is 280 g/mol. The molecule has 4 heteroatoms. The van der Waals surface area contributed by atoms with Crippen LogP contribution in [0.25, 0.3) is 10.1 Å². The van der Waals surface area contributed by atoms with Crippen LogP contribution in [0, 0.1) is 0 Å². The van der Waals surface area contributed by atoms with Crippen LogP contribution in [0.2, 0.25) is 0 Å². The average Bonchev–Trinajstić information content (AvgIpc) is 2.93. The Labute approximate surface area is 127 Å². The molecule has 21 heavy (non-hydrogen) atoms. The fourth-order valence-corrected chi connectivity index (χ4v) is 3.38. The highest BCUT2D eigenvalue weighted by molar-refractivity contribution is 7.17. The van der Waals surface area contributed by atoms with Gasteiger partial charge in [-0.1, -0.05) is 30.3 Å². The molecular formula is C17H16N2OS. The van der Waals surface area contributed by atoms with Crippen molar-refractivity contribution in [1.29, 1.82) is 0 Å². The lowest BCUT2D eigenvalue weighted by molar-refractivity contribution is 0.0990. The largest absolute Gasteiger partial charge is 0.397 e. The highest BCUT2D eigenvalue weighted by Crippen LogP contribution is 2.30. The van der Waals surface area contributed by atoms with E-state index in [0.29, 0.717) is 12.2 Å². The summed E-state index contributed by atoms with van der Waals surface area (Å²) in [5.74, 6) is -0.00662. The Morgan fingerprint density at radius 1 is 1.14 bits per heavy atom. The molecule has 1 amide bonds. The highest BCUT2D eigenvalue weighted by Gasteiger charge is 2.20. The molecule has 0 saturated carbocycles. The predicted octanol–water partition coefficient (Wildman–Crippen LogP) is 4.15. The van der Waals surface area contributed by atoms with Gasteiger partial charge in [0.1, 0.15) is 0 Å². The van der Waals surface area contributed by atoms with Gasteiger partial charge in [0.05, 0.1) is 16.9 Å². The molecule has 0 fully saturated rings. The average molecular weight is 296 g/mol. The monoisotopic (exact) mass is 296 g/mol. The van der Waals surface area contributed by atoms with E-state index in [9.17, 15) is 4.79 Å². The maximum absolute atomic E-state index is 12.9. The van der Waals surface area contributed by atoms with Gasteiger partial charge >= 0.3 is 0 Å². The van der Waals surface area contributed by atoms with Gasteiger partial charge in [-0.2, -0.15) is 0 Å². The molecule has 0 aliphatic rings. The lowest BCUT2D eigenvalue weighted by Crippen LogP contribution is -2.31. The first kappa shape index (κ1) is 13.6. The van der Waals surface area contributed by atoms with Crippen LogP contribution in [0.1, 0.15) is 17.3 Å². The number of thiophene rings is 1. The molecule has 0 unspecified atom stereocenters. The summed E-state index contributed by atoms with van der Waals surface area (Å²) in [5.41, 5.74) is 8.13. The summed E-state index contributed by atoms with van der Waals surface area (Å²) in [5, 5.41) is 2.93. The molecule has 0 radical (unpaired) electrons. The molecule has 3 aromatic rings. The summed E-state index contributed by atoms with van der Waals surface area (Å²) in [6.45, 7) is 2.54. The Hall–Kier alpha value is -2.33. The van der Waals surface area contributed by atoms with E-state index in [1.165, 1.54) is 0 Å². The van der Waals surface area contributed by atoms with Gasteiger partial charge in [-0.05, 0) is 25.1 Å². The first-order valence-corrected chi connectivity index (χ1v) is 7.73. The lowest BCUT2D eigenvalue weighted by Gasteiger charge is -2.22. The topological polar surface area (TPSA) is 46.3 Å². The van der Waals surface area contributed by atoms with Gasteiger partial charge < -0.3 is 10.6 Å². The Balaban J connectivity index is 2.06. The molecule has 1 heterocycles. The van der Waals surface area contributed by atoms with Crippen molar-refractivity contribution in [2.45, 2.75) is 6.92 Å². The number of carbonyl (C=O) groups excluding carboxylic acids is 1. The molecule has 0 atom stereocenters. The Morgan fingerprint density at radius 3 is 2.62 bits per heavy atom. The number of nitrogens with zero attached hydrogens (tertiary/aromatic N) is 1. The SMILES string of the molecule is CCN(C(=O)c1csc2ccccc12)c1ccccc1N. The second-order valence-electron chi connectivity index (χ2n) is 4.75. The number of benzene rings is 2. The molecule has 2 aromatic carbocycles. The van der Waals surface area contributed by atoms with Crippen molar-refractivity contribution in [3.8, 4) is 0 Å². The first-order chi connectivity index (χ1) is 10.2. The van der Waals surface area contributed by atoms with Crippen LogP contribution in [-0.2, 0) is 0 Å². The third-order valence-corrected chi connectivity index (χ3v) is 4.46. The number of hydrogen-bond acceptors (Lipinski definition) is 3. The summed E-state index contributed by atoms with van der Waals surface area (Å²) >= 11 is 1.59. The molecule has 2 N–H and O–H groups in total. The molecule has 0 saturated heterocycles. The van der Waals surface area contributed by atoms with E-state index in [-0.39, 0.29) is 5.91 Å². The van der Waals surface area contributed by atoms with Gasteiger partial charge in [0.25, 0.3) is 5.91 Å². The fraction of sp³-hybridized carbons (Fsp3) is 0.118. The molecule has 106 valence electrons. The van der Waals surface area contributed by atoms with Gasteiger partial charge in [-0.3, -0.25) is 4.79 Å². The molecule has 3 nitrogen and oxygen atoms in total. The number of anilines is 2. The highest BCUT2D eigenvalue weighted by atomic mass is 32.1. The Morgan fingerprint density at radius 2 is 1.86 bits per heavy atom. The van der Waals surface area contributed by atoms with Gasteiger partial charge in [0.15, 0.2) is 0 Å². The van der Waals surface area contributed by atoms with Gasteiger partial charge in [-0.25, -0.2) is 0 Å². The van der Waals surface area contributed by atoms with Crippen LogP contribution in [0.3, 0.4) is 0 Å². The molecule has 1 aromatic heterocycles. The summed E-state index contributed by atoms with van der Waals surface area (Å²) in [6.07, 6.45) is 0. The van der Waals surface area contributed by atoms with Crippen LogP contribution >= 0.6 is 11.3 Å². The molecule has 0 bridgehead atoms. The number of nitrogens with two attached hydrogens (primary N) is 1. The standard InChI is InChI=1S/C17H16N2OS/c1-2-19(15-9-5-4-8-14(15)18)17(20)13-11-21-16-10-6-3-7-12(13)16/h3-11H,2,18H2,1H3. The van der Waals surface area contributed by atoms with Crippen molar-refractivity contribution >= 4 is 38.7 Å². The van der Waals surface area contributed by atoms with Crippen molar-refractivity contribution < 1.29 is 4.79 Å². The zero-order valence-corrected chi connectivity index (χ0v) is 12.6. The first-order valence-electron chi connectivity index (χ1n) is 6.85. The number of hydrogen-bond donors (Lipinski definition) is 1. The van der Waals surface area contributed by atoms with E-state index in [1.54, 1.807) is 16.2 Å². The van der Waals surface area contributed by atoms with Gasteiger partial charge in [0.2, 0.25) is 0 Å². The summed E-state index contributed by atoms with van der Waals surface area (Å²) < 4.78 is 1.12. The quantitative estimate of drug-likeness (QED) is 0.738. The van der Waals surface area contributed by atoms with Crippen molar-refractivity contribution in [1.82, 2.24) is 0 Å². The summed E-state index contributed by atoms with van der Waals surface area (Å²) in [6, 6.07) is 15.4.